The van der Waals surface area contributed by atoms with Gasteiger partial charge in [-0.2, -0.15) is 0 Å². The van der Waals surface area contributed by atoms with Gasteiger partial charge in [-0.05, 0) is 37.1 Å². The number of hydrogen-bond donors (Lipinski definition) is 3. The van der Waals surface area contributed by atoms with Crippen molar-refractivity contribution in [3.05, 3.63) is 23.8 Å². The van der Waals surface area contributed by atoms with E-state index in [0.717, 1.165) is 29.9 Å². The summed E-state index contributed by atoms with van der Waals surface area (Å²) < 4.78 is 0. The van der Waals surface area contributed by atoms with Crippen molar-refractivity contribution in [1.82, 2.24) is 5.32 Å². The third kappa shape index (κ3) is 3.81. The Balaban J connectivity index is 2.42. The largest absolute Gasteiger partial charge is 0.399 e. The van der Waals surface area contributed by atoms with E-state index >= 15 is 0 Å². The molecule has 0 atom stereocenters. The second kappa shape index (κ2) is 6.00. The van der Waals surface area contributed by atoms with E-state index < -0.39 is 0 Å². The molecule has 0 spiro atoms. The van der Waals surface area contributed by atoms with E-state index in [1.165, 1.54) is 0 Å². The van der Waals surface area contributed by atoms with Crippen molar-refractivity contribution in [3.8, 4) is 0 Å². The van der Waals surface area contributed by atoms with Crippen LogP contribution in [0.1, 0.15) is 18.9 Å². The quantitative estimate of drug-likeness (QED) is 0.660. The lowest BCUT2D eigenvalue weighted by Crippen LogP contribution is -2.30. The van der Waals surface area contributed by atoms with Gasteiger partial charge in [0.25, 0.3) is 0 Å². The first kappa shape index (κ1) is 12.4. The number of anilines is 2. The Morgan fingerprint density at radius 1 is 1.44 bits per heavy atom. The predicted octanol–water partition coefficient (Wildman–Crippen LogP) is 1.52. The van der Waals surface area contributed by atoms with Crippen LogP contribution in [0.15, 0.2) is 18.2 Å². The molecule has 1 aromatic rings. The van der Waals surface area contributed by atoms with Crippen LogP contribution in [0.4, 0.5) is 11.4 Å². The number of nitrogens with one attached hydrogen (secondary N) is 2. The lowest BCUT2D eigenvalue weighted by atomic mass is 10.2. The minimum Gasteiger partial charge on any atom is -0.399 e. The van der Waals surface area contributed by atoms with Gasteiger partial charge in [0.05, 0.1) is 6.54 Å². The number of nitrogens with two attached hydrogens (primary N) is 1. The number of carbonyl (C=O) groups excluding carboxylic acids is 1. The highest BCUT2D eigenvalue weighted by Gasteiger charge is 2.00. The van der Waals surface area contributed by atoms with E-state index in [-0.39, 0.29) is 5.91 Å². The maximum atomic E-state index is 11.3. The summed E-state index contributed by atoms with van der Waals surface area (Å²) in [5.41, 5.74) is 8.40. The first-order valence-corrected chi connectivity index (χ1v) is 5.50. The minimum absolute atomic E-state index is 0.0105. The summed E-state index contributed by atoms with van der Waals surface area (Å²) >= 11 is 0. The lowest BCUT2D eigenvalue weighted by Gasteiger charge is -2.08. The highest BCUT2D eigenvalue weighted by molar-refractivity contribution is 5.80. The number of rotatable bonds is 5. The fourth-order valence-corrected chi connectivity index (χ4v) is 1.29. The fourth-order valence-electron chi connectivity index (χ4n) is 1.29. The first-order chi connectivity index (χ1) is 7.63. The molecule has 0 saturated carbocycles. The van der Waals surface area contributed by atoms with Gasteiger partial charge in [0.15, 0.2) is 0 Å². The lowest BCUT2D eigenvalue weighted by molar-refractivity contribution is -0.119. The number of aryl methyl sites for hydroxylation is 1. The molecule has 4 nitrogen and oxygen atoms in total. The Hall–Kier alpha value is -1.71. The first-order valence-electron chi connectivity index (χ1n) is 5.50. The summed E-state index contributed by atoms with van der Waals surface area (Å²) in [7, 11) is 0. The molecule has 1 aromatic carbocycles. The third-order valence-corrected chi connectivity index (χ3v) is 2.30. The van der Waals surface area contributed by atoms with Gasteiger partial charge in [-0.15, -0.1) is 0 Å². The van der Waals surface area contributed by atoms with Gasteiger partial charge in [-0.1, -0.05) is 6.92 Å². The molecule has 0 fully saturated rings. The second-order valence-electron chi connectivity index (χ2n) is 3.77. The second-order valence-corrected chi connectivity index (χ2v) is 3.77. The van der Waals surface area contributed by atoms with Crippen molar-refractivity contribution < 1.29 is 4.79 Å². The molecule has 0 bridgehead atoms. The molecule has 1 rings (SSSR count). The fraction of sp³-hybridized carbons (Fsp3) is 0.417. The molecule has 88 valence electrons. The smallest absolute Gasteiger partial charge is 0.239 e. The number of nitrogen functional groups attached to an aromatic ring is 1. The van der Waals surface area contributed by atoms with Gasteiger partial charge >= 0.3 is 0 Å². The van der Waals surface area contributed by atoms with E-state index in [9.17, 15) is 4.79 Å². The molecule has 0 saturated heterocycles. The summed E-state index contributed by atoms with van der Waals surface area (Å²) in [4.78, 5) is 11.3. The Bertz CT molecular complexity index is 363. The van der Waals surface area contributed by atoms with E-state index in [4.69, 9.17) is 5.73 Å². The zero-order valence-electron chi connectivity index (χ0n) is 9.84. The minimum atomic E-state index is 0.0105. The molecule has 4 heteroatoms. The SMILES string of the molecule is CCCNC(=O)CNc1ccc(N)c(C)c1. The van der Waals surface area contributed by atoms with Crippen molar-refractivity contribution in [2.24, 2.45) is 0 Å². The average molecular weight is 221 g/mol. The average Bonchev–Trinajstić information content (AvgIpc) is 2.28. The highest BCUT2D eigenvalue weighted by atomic mass is 16.1. The number of hydrogen-bond acceptors (Lipinski definition) is 3. The van der Waals surface area contributed by atoms with Crippen LogP contribution >= 0.6 is 0 Å². The molecule has 1 amide bonds. The summed E-state index contributed by atoms with van der Waals surface area (Å²) in [6, 6.07) is 5.64. The maximum absolute atomic E-state index is 11.3. The maximum Gasteiger partial charge on any atom is 0.239 e. The van der Waals surface area contributed by atoms with Crippen LogP contribution in [0.3, 0.4) is 0 Å². The predicted molar refractivity (Wildman–Crippen MR) is 67.4 cm³/mol. The van der Waals surface area contributed by atoms with Crippen molar-refractivity contribution in [3.63, 3.8) is 0 Å². The van der Waals surface area contributed by atoms with Crippen LogP contribution in [0.5, 0.6) is 0 Å². The molecular formula is C12H19N3O. The molecule has 0 aliphatic rings. The van der Waals surface area contributed by atoms with Gasteiger partial charge in [-0.3, -0.25) is 4.79 Å². The number of amides is 1. The zero-order valence-corrected chi connectivity index (χ0v) is 9.84. The monoisotopic (exact) mass is 221 g/mol. The molecule has 0 unspecified atom stereocenters. The van der Waals surface area contributed by atoms with Gasteiger partial charge in [0.1, 0.15) is 0 Å². The topological polar surface area (TPSA) is 67.2 Å². The van der Waals surface area contributed by atoms with Crippen molar-refractivity contribution >= 4 is 17.3 Å². The number of carbonyl (C=O) groups is 1. The Morgan fingerprint density at radius 2 is 2.19 bits per heavy atom. The molecule has 0 radical (unpaired) electrons. The van der Waals surface area contributed by atoms with Crippen molar-refractivity contribution in [1.29, 1.82) is 0 Å². The Kier molecular flexibility index (Phi) is 4.64. The Morgan fingerprint density at radius 3 is 2.81 bits per heavy atom. The Labute approximate surface area is 96.2 Å². The van der Waals surface area contributed by atoms with Crippen LogP contribution < -0.4 is 16.4 Å². The third-order valence-electron chi connectivity index (χ3n) is 2.30. The summed E-state index contributed by atoms with van der Waals surface area (Å²) in [6.45, 7) is 4.99. The van der Waals surface area contributed by atoms with E-state index in [1.807, 2.05) is 32.0 Å². The van der Waals surface area contributed by atoms with E-state index in [2.05, 4.69) is 10.6 Å². The van der Waals surface area contributed by atoms with Gasteiger partial charge in [0, 0.05) is 17.9 Å². The van der Waals surface area contributed by atoms with Crippen LogP contribution in [0, 0.1) is 6.92 Å². The normalized spacial score (nSPS) is 9.88. The summed E-state index contributed by atoms with van der Waals surface area (Å²) in [5, 5.41) is 5.86. The number of benzene rings is 1. The van der Waals surface area contributed by atoms with E-state index in [1.54, 1.807) is 0 Å². The van der Waals surface area contributed by atoms with Gasteiger partial charge < -0.3 is 16.4 Å². The highest BCUT2D eigenvalue weighted by Crippen LogP contribution is 2.15. The van der Waals surface area contributed by atoms with Crippen LogP contribution in [-0.4, -0.2) is 19.0 Å². The van der Waals surface area contributed by atoms with Crippen LogP contribution in [0.25, 0.3) is 0 Å². The standard InChI is InChI=1S/C12H19N3O/c1-3-6-14-12(16)8-15-10-4-5-11(13)9(2)7-10/h4-5,7,15H,3,6,8,13H2,1-2H3,(H,14,16). The molecule has 4 N–H and O–H groups in total. The molecule has 16 heavy (non-hydrogen) atoms. The van der Waals surface area contributed by atoms with Crippen LogP contribution in [0.2, 0.25) is 0 Å². The molecule has 0 aromatic heterocycles. The summed E-state index contributed by atoms with van der Waals surface area (Å²) in [5.74, 6) is 0.0105. The molecule has 0 heterocycles. The van der Waals surface area contributed by atoms with Crippen molar-refractivity contribution in [2.45, 2.75) is 20.3 Å². The van der Waals surface area contributed by atoms with Gasteiger partial charge in [-0.25, -0.2) is 0 Å². The van der Waals surface area contributed by atoms with Crippen LogP contribution in [-0.2, 0) is 4.79 Å². The van der Waals surface area contributed by atoms with Gasteiger partial charge in [0.2, 0.25) is 5.91 Å². The molecular weight excluding hydrogens is 202 g/mol. The van der Waals surface area contributed by atoms with E-state index in [0.29, 0.717) is 6.54 Å². The summed E-state index contributed by atoms with van der Waals surface area (Å²) in [6.07, 6.45) is 0.951. The zero-order chi connectivity index (χ0) is 12.0. The molecule has 0 aliphatic carbocycles. The van der Waals surface area contributed by atoms with Crippen molar-refractivity contribution in [2.75, 3.05) is 24.1 Å². The molecule has 0 aliphatic heterocycles.